The zero-order valence-electron chi connectivity index (χ0n) is 12.0. The number of hydrogen-bond acceptors (Lipinski definition) is 4. The highest BCUT2D eigenvalue weighted by Crippen LogP contribution is 2.22. The van der Waals surface area contributed by atoms with Crippen LogP contribution in [0.15, 0.2) is 60.9 Å². The monoisotopic (exact) mass is 312 g/mol. The lowest BCUT2D eigenvalue weighted by molar-refractivity contribution is -0.385. The summed E-state index contributed by atoms with van der Waals surface area (Å²) in [5, 5.41) is 17.8. The Morgan fingerprint density at radius 1 is 1.22 bits per heavy atom. The number of halogens is 1. The molecule has 3 rings (SSSR count). The zero-order valence-corrected chi connectivity index (χ0v) is 12.0. The summed E-state index contributed by atoms with van der Waals surface area (Å²) < 4.78 is 15.6. The Hall–Kier alpha value is -3.22. The van der Waals surface area contributed by atoms with Crippen molar-refractivity contribution in [2.24, 2.45) is 0 Å². The van der Waals surface area contributed by atoms with Crippen LogP contribution in [0.25, 0.3) is 5.69 Å². The Morgan fingerprint density at radius 3 is 2.74 bits per heavy atom. The molecule has 116 valence electrons. The van der Waals surface area contributed by atoms with Gasteiger partial charge in [0.05, 0.1) is 22.4 Å². The molecule has 23 heavy (non-hydrogen) atoms. The first-order valence-corrected chi connectivity index (χ1v) is 6.91. The van der Waals surface area contributed by atoms with Gasteiger partial charge < -0.3 is 5.32 Å². The number of benzene rings is 2. The average molecular weight is 312 g/mol. The molecular formula is C16H13FN4O2. The highest BCUT2D eigenvalue weighted by molar-refractivity contribution is 5.51. The van der Waals surface area contributed by atoms with E-state index in [0.29, 0.717) is 6.54 Å². The van der Waals surface area contributed by atoms with Gasteiger partial charge in [0, 0.05) is 25.0 Å². The third kappa shape index (κ3) is 3.18. The Morgan fingerprint density at radius 2 is 2.04 bits per heavy atom. The molecule has 3 aromatic rings. The van der Waals surface area contributed by atoms with Crippen molar-refractivity contribution in [1.29, 1.82) is 0 Å². The maximum atomic E-state index is 13.9. The second-order valence-electron chi connectivity index (χ2n) is 4.85. The average Bonchev–Trinajstić information content (AvgIpc) is 3.08. The molecule has 0 aliphatic carbocycles. The van der Waals surface area contributed by atoms with Crippen molar-refractivity contribution in [3.8, 4) is 5.69 Å². The minimum absolute atomic E-state index is 0.214. The number of nitro benzene ring substituents is 1. The molecule has 2 aromatic carbocycles. The van der Waals surface area contributed by atoms with Crippen LogP contribution in [0.4, 0.5) is 15.8 Å². The van der Waals surface area contributed by atoms with Crippen molar-refractivity contribution in [1.82, 2.24) is 9.78 Å². The van der Waals surface area contributed by atoms with E-state index in [1.54, 1.807) is 10.9 Å². The second-order valence-corrected chi connectivity index (χ2v) is 4.85. The highest BCUT2D eigenvalue weighted by atomic mass is 19.1. The van der Waals surface area contributed by atoms with Gasteiger partial charge in [0.25, 0.3) is 5.69 Å². The lowest BCUT2D eigenvalue weighted by atomic mass is 10.1. The van der Waals surface area contributed by atoms with Crippen molar-refractivity contribution in [3.05, 3.63) is 82.4 Å². The van der Waals surface area contributed by atoms with Crippen LogP contribution in [0.3, 0.4) is 0 Å². The van der Waals surface area contributed by atoms with Gasteiger partial charge in [-0.3, -0.25) is 10.1 Å². The minimum Gasteiger partial charge on any atom is -0.379 e. The van der Waals surface area contributed by atoms with Crippen molar-refractivity contribution in [3.63, 3.8) is 0 Å². The standard InChI is InChI=1S/C16H13FN4O2/c17-14-10-13(21(22)23)6-7-15(14)18-11-12-4-1-2-5-16(12)20-9-3-8-19-20/h1-10,18H,11H2. The molecule has 1 N–H and O–H groups in total. The lowest BCUT2D eigenvalue weighted by Gasteiger charge is -2.12. The smallest absolute Gasteiger partial charge is 0.272 e. The molecule has 0 radical (unpaired) electrons. The van der Waals surface area contributed by atoms with E-state index in [1.807, 2.05) is 36.5 Å². The van der Waals surface area contributed by atoms with E-state index in [-0.39, 0.29) is 11.4 Å². The van der Waals surface area contributed by atoms with Gasteiger partial charge in [0.15, 0.2) is 5.82 Å². The molecular weight excluding hydrogens is 299 g/mol. The number of aromatic nitrogens is 2. The summed E-state index contributed by atoms with van der Waals surface area (Å²) >= 11 is 0. The summed E-state index contributed by atoms with van der Waals surface area (Å²) in [6.07, 6.45) is 3.51. The maximum absolute atomic E-state index is 13.9. The molecule has 0 bridgehead atoms. The molecule has 6 nitrogen and oxygen atoms in total. The van der Waals surface area contributed by atoms with Gasteiger partial charge in [-0.05, 0) is 23.8 Å². The van der Waals surface area contributed by atoms with Gasteiger partial charge in [-0.15, -0.1) is 0 Å². The van der Waals surface area contributed by atoms with E-state index in [1.165, 1.54) is 12.1 Å². The van der Waals surface area contributed by atoms with Gasteiger partial charge in [-0.2, -0.15) is 5.10 Å². The van der Waals surface area contributed by atoms with Crippen LogP contribution in [0.1, 0.15) is 5.56 Å². The van der Waals surface area contributed by atoms with Crippen molar-refractivity contribution >= 4 is 11.4 Å². The van der Waals surface area contributed by atoms with Crippen LogP contribution in [0, 0.1) is 15.9 Å². The predicted molar refractivity (Wildman–Crippen MR) is 83.9 cm³/mol. The Labute approximate surface area is 131 Å². The van der Waals surface area contributed by atoms with Gasteiger partial charge >= 0.3 is 0 Å². The molecule has 7 heteroatoms. The quantitative estimate of drug-likeness (QED) is 0.578. The summed E-state index contributed by atoms with van der Waals surface area (Å²) in [6, 6.07) is 13.0. The molecule has 0 aliphatic heterocycles. The predicted octanol–water partition coefficient (Wildman–Crippen LogP) is 3.53. The number of anilines is 1. The van der Waals surface area contributed by atoms with E-state index >= 15 is 0 Å². The van der Waals surface area contributed by atoms with Gasteiger partial charge in [-0.25, -0.2) is 9.07 Å². The molecule has 0 atom stereocenters. The fraction of sp³-hybridized carbons (Fsp3) is 0.0625. The molecule has 0 unspecified atom stereocenters. The SMILES string of the molecule is O=[N+]([O-])c1ccc(NCc2ccccc2-n2cccn2)c(F)c1. The lowest BCUT2D eigenvalue weighted by Crippen LogP contribution is -2.06. The largest absolute Gasteiger partial charge is 0.379 e. The van der Waals surface area contributed by atoms with E-state index in [0.717, 1.165) is 17.3 Å². The normalized spacial score (nSPS) is 10.5. The number of non-ortho nitro benzene ring substituents is 1. The Kier molecular flexibility index (Phi) is 4.01. The van der Waals surface area contributed by atoms with Gasteiger partial charge in [0.2, 0.25) is 0 Å². The first kappa shape index (κ1) is 14.7. The Balaban J connectivity index is 1.81. The number of nitrogens with zero attached hydrogens (tertiary/aromatic N) is 3. The van der Waals surface area contributed by atoms with Crippen LogP contribution in [-0.2, 0) is 6.54 Å². The third-order valence-electron chi connectivity index (χ3n) is 3.38. The van der Waals surface area contributed by atoms with Crippen LogP contribution in [-0.4, -0.2) is 14.7 Å². The molecule has 1 heterocycles. The molecule has 1 aromatic heterocycles. The first-order valence-electron chi connectivity index (χ1n) is 6.91. The van der Waals surface area contributed by atoms with Gasteiger partial charge in [-0.1, -0.05) is 18.2 Å². The van der Waals surface area contributed by atoms with Crippen molar-refractivity contribution in [2.45, 2.75) is 6.54 Å². The maximum Gasteiger partial charge on any atom is 0.272 e. The molecule has 0 amide bonds. The fourth-order valence-electron chi connectivity index (χ4n) is 2.25. The number of para-hydroxylation sites is 1. The van der Waals surface area contributed by atoms with Crippen molar-refractivity contribution in [2.75, 3.05) is 5.32 Å². The number of rotatable bonds is 5. The molecule has 0 spiro atoms. The first-order chi connectivity index (χ1) is 11.1. The number of hydrogen-bond donors (Lipinski definition) is 1. The van der Waals surface area contributed by atoms with E-state index in [9.17, 15) is 14.5 Å². The topological polar surface area (TPSA) is 73.0 Å². The minimum atomic E-state index is -0.657. The van der Waals surface area contributed by atoms with Crippen LogP contribution in [0.5, 0.6) is 0 Å². The second kappa shape index (κ2) is 6.27. The summed E-state index contributed by atoms with van der Waals surface area (Å²) in [7, 11) is 0. The molecule has 0 saturated heterocycles. The summed E-state index contributed by atoms with van der Waals surface area (Å²) in [5.41, 5.74) is 1.75. The van der Waals surface area contributed by atoms with Gasteiger partial charge in [0.1, 0.15) is 0 Å². The molecule has 0 fully saturated rings. The summed E-state index contributed by atoms with van der Waals surface area (Å²) in [6.45, 7) is 0.366. The van der Waals surface area contributed by atoms with Crippen LogP contribution in [0.2, 0.25) is 0 Å². The van der Waals surface area contributed by atoms with E-state index in [4.69, 9.17) is 0 Å². The zero-order chi connectivity index (χ0) is 16.2. The molecule has 0 aliphatic rings. The van der Waals surface area contributed by atoms with Crippen molar-refractivity contribution < 1.29 is 9.31 Å². The Bertz CT molecular complexity index is 834. The van der Waals surface area contributed by atoms with Crippen LogP contribution >= 0.6 is 0 Å². The third-order valence-corrected chi connectivity index (χ3v) is 3.38. The number of nitro groups is 1. The fourth-order valence-corrected chi connectivity index (χ4v) is 2.25. The van der Waals surface area contributed by atoms with E-state index < -0.39 is 10.7 Å². The molecule has 0 saturated carbocycles. The number of nitrogens with one attached hydrogen (secondary N) is 1. The summed E-state index contributed by atoms with van der Waals surface area (Å²) in [4.78, 5) is 10.0. The summed E-state index contributed by atoms with van der Waals surface area (Å²) in [5.74, 6) is -0.657. The van der Waals surface area contributed by atoms with E-state index in [2.05, 4.69) is 10.4 Å². The van der Waals surface area contributed by atoms with Crippen LogP contribution < -0.4 is 5.32 Å². The highest BCUT2D eigenvalue weighted by Gasteiger charge is 2.11.